The maximum Gasteiger partial charge on any atom is 0.289 e. The molecule has 1 aromatic heterocycles. The Morgan fingerprint density at radius 1 is 1.09 bits per heavy atom. The van der Waals surface area contributed by atoms with Gasteiger partial charge in [0.2, 0.25) is 10.0 Å². The van der Waals surface area contributed by atoms with E-state index in [2.05, 4.69) is 16.2 Å². The lowest BCUT2D eigenvalue weighted by Crippen LogP contribution is -2.49. The van der Waals surface area contributed by atoms with Crippen LogP contribution in [-0.4, -0.2) is 63.5 Å². The third kappa shape index (κ3) is 4.61. The number of nitro groups is 1. The van der Waals surface area contributed by atoms with Gasteiger partial charge in [0, 0.05) is 37.8 Å². The van der Waals surface area contributed by atoms with Crippen LogP contribution in [0.25, 0.3) is 11.4 Å². The number of nitro benzene ring substituents is 1. The molecule has 0 saturated carbocycles. The first-order valence-electron chi connectivity index (χ1n) is 10.2. The molecule has 11 nitrogen and oxygen atoms in total. The zero-order valence-electron chi connectivity index (χ0n) is 17.8. The predicted molar refractivity (Wildman–Crippen MR) is 118 cm³/mol. The van der Waals surface area contributed by atoms with E-state index < -0.39 is 20.6 Å². The number of benzene rings is 2. The number of rotatable bonds is 6. The van der Waals surface area contributed by atoms with E-state index in [-0.39, 0.29) is 18.0 Å². The topological polar surface area (TPSA) is 138 Å². The standard InChI is InChI=1S/C21H21N7O4S/c1-16-23-21(18-8-6-17(14-22)7-9-18)27(24-16)15-25-10-12-26(13-11-25)33(31,32)20-5-3-2-4-19(20)28(29)30/h2-9H,10-13,15H2,1H3. The molecule has 0 spiro atoms. The maximum atomic E-state index is 13.0. The van der Waals surface area contributed by atoms with Crippen molar-refractivity contribution < 1.29 is 13.3 Å². The molecule has 1 aliphatic heterocycles. The minimum absolute atomic E-state index is 0.203. The fourth-order valence-electron chi connectivity index (χ4n) is 3.73. The normalized spacial score (nSPS) is 15.3. The van der Waals surface area contributed by atoms with Crippen molar-refractivity contribution in [1.29, 1.82) is 5.26 Å². The van der Waals surface area contributed by atoms with Crippen LogP contribution in [-0.2, 0) is 16.7 Å². The molecular formula is C21H21N7O4S. The highest BCUT2D eigenvalue weighted by Crippen LogP contribution is 2.27. The number of hydrogen-bond acceptors (Lipinski definition) is 8. The summed E-state index contributed by atoms with van der Waals surface area (Å²) in [6.07, 6.45) is 0. The summed E-state index contributed by atoms with van der Waals surface area (Å²) in [6, 6.07) is 14.5. The van der Waals surface area contributed by atoms with Gasteiger partial charge in [0.25, 0.3) is 5.69 Å². The van der Waals surface area contributed by atoms with Gasteiger partial charge in [-0.1, -0.05) is 12.1 Å². The van der Waals surface area contributed by atoms with Gasteiger partial charge in [-0.15, -0.1) is 0 Å². The van der Waals surface area contributed by atoms with Crippen molar-refractivity contribution in [3.8, 4) is 17.5 Å². The highest BCUT2D eigenvalue weighted by molar-refractivity contribution is 7.89. The molecule has 33 heavy (non-hydrogen) atoms. The van der Waals surface area contributed by atoms with Crippen LogP contribution in [0.4, 0.5) is 5.69 Å². The van der Waals surface area contributed by atoms with Crippen LogP contribution in [0, 0.1) is 28.4 Å². The van der Waals surface area contributed by atoms with Gasteiger partial charge >= 0.3 is 0 Å². The Balaban J connectivity index is 1.48. The molecule has 3 aromatic rings. The lowest BCUT2D eigenvalue weighted by Gasteiger charge is -2.33. The first kappa shape index (κ1) is 22.5. The molecule has 1 saturated heterocycles. The molecule has 12 heteroatoms. The molecule has 0 amide bonds. The van der Waals surface area contributed by atoms with Gasteiger partial charge in [-0.2, -0.15) is 14.7 Å². The Bertz CT molecular complexity index is 1320. The lowest BCUT2D eigenvalue weighted by molar-refractivity contribution is -0.387. The molecule has 0 N–H and O–H groups in total. The van der Waals surface area contributed by atoms with Crippen molar-refractivity contribution in [1.82, 2.24) is 24.0 Å². The van der Waals surface area contributed by atoms with Crippen LogP contribution < -0.4 is 0 Å². The molecule has 0 radical (unpaired) electrons. The number of aromatic nitrogens is 3. The summed E-state index contributed by atoms with van der Waals surface area (Å²) in [5.74, 6) is 1.26. The molecule has 0 atom stereocenters. The first-order chi connectivity index (χ1) is 15.8. The summed E-state index contributed by atoms with van der Waals surface area (Å²) < 4.78 is 29.1. The molecule has 1 aliphatic rings. The minimum Gasteiger partial charge on any atom is -0.282 e. The molecule has 170 valence electrons. The first-order valence-corrected chi connectivity index (χ1v) is 11.6. The number of nitrogens with zero attached hydrogens (tertiary/aromatic N) is 7. The number of nitriles is 1. The molecule has 0 unspecified atom stereocenters. The monoisotopic (exact) mass is 467 g/mol. The second-order valence-corrected chi connectivity index (χ2v) is 9.47. The van der Waals surface area contributed by atoms with Crippen LogP contribution in [0.2, 0.25) is 0 Å². The summed E-state index contributed by atoms with van der Waals surface area (Å²) >= 11 is 0. The van der Waals surface area contributed by atoms with Gasteiger partial charge < -0.3 is 0 Å². The Morgan fingerprint density at radius 2 is 1.76 bits per heavy atom. The number of sulfonamides is 1. The van der Waals surface area contributed by atoms with Gasteiger partial charge in [-0.3, -0.25) is 15.0 Å². The lowest BCUT2D eigenvalue weighted by atomic mass is 10.1. The Labute approximate surface area is 190 Å². The van der Waals surface area contributed by atoms with Gasteiger partial charge in [0.1, 0.15) is 5.82 Å². The highest BCUT2D eigenvalue weighted by Gasteiger charge is 2.33. The van der Waals surface area contributed by atoms with Crippen molar-refractivity contribution in [2.75, 3.05) is 26.2 Å². The van der Waals surface area contributed by atoms with Gasteiger partial charge in [-0.05, 0) is 37.3 Å². The largest absolute Gasteiger partial charge is 0.289 e. The van der Waals surface area contributed by atoms with Crippen LogP contribution >= 0.6 is 0 Å². The van der Waals surface area contributed by atoms with Gasteiger partial charge in [-0.25, -0.2) is 18.1 Å². The van der Waals surface area contributed by atoms with Crippen LogP contribution in [0.3, 0.4) is 0 Å². The zero-order chi connectivity index (χ0) is 23.6. The molecule has 0 bridgehead atoms. The molecule has 2 aromatic carbocycles. The van der Waals surface area contributed by atoms with Crippen LogP contribution in [0.1, 0.15) is 11.4 Å². The summed E-state index contributed by atoms with van der Waals surface area (Å²) in [4.78, 5) is 16.8. The Kier molecular flexibility index (Phi) is 6.19. The summed E-state index contributed by atoms with van der Waals surface area (Å²) in [5.41, 5.74) is 0.954. The van der Waals surface area contributed by atoms with Crippen molar-refractivity contribution in [3.63, 3.8) is 0 Å². The third-order valence-electron chi connectivity index (χ3n) is 5.39. The number of aryl methyl sites for hydroxylation is 1. The molecule has 4 rings (SSSR count). The van der Waals surface area contributed by atoms with E-state index in [9.17, 15) is 18.5 Å². The average molecular weight is 468 g/mol. The fraction of sp³-hybridized carbons (Fsp3) is 0.286. The smallest absolute Gasteiger partial charge is 0.282 e. The SMILES string of the molecule is Cc1nc(-c2ccc(C#N)cc2)n(CN2CCN(S(=O)(=O)c3ccccc3[N+](=O)[O-])CC2)n1. The van der Waals surface area contributed by atoms with E-state index in [0.29, 0.717) is 37.0 Å². The second-order valence-electron chi connectivity index (χ2n) is 7.56. The second kappa shape index (κ2) is 9.07. The van der Waals surface area contributed by atoms with Crippen molar-refractivity contribution >= 4 is 15.7 Å². The number of hydrogen-bond donors (Lipinski definition) is 0. The number of piperazine rings is 1. The Hall–Kier alpha value is -3.66. The summed E-state index contributed by atoms with van der Waals surface area (Å²) in [7, 11) is -3.98. The highest BCUT2D eigenvalue weighted by atomic mass is 32.2. The third-order valence-corrected chi connectivity index (χ3v) is 7.34. The minimum atomic E-state index is -3.98. The van der Waals surface area contributed by atoms with Crippen molar-refractivity contribution in [3.05, 3.63) is 70.0 Å². The predicted octanol–water partition coefficient (Wildman–Crippen LogP) is 2.00. The average Bonchev–Trinajstić information content (AvgIpc) is 3.19. The fourth-order valence-corrected chi connectivity index (χ4v) is 5.31. The molecule has 1 fully saturated rings. The van der Waals surface area contributed by atoms with E-state index in [1.54, 1.807) is 23.7 Å². The van der Waals surface area contributed by atoms with Crippen LogP contribution in [0.5, 0.6) is 0 Å². The van der Waals surface area contributed by atoms with Crippen LogP contribution in [0.15, 0.2) is 53.4 Å². The van der Waals surface area contributed by atoms with E-state index in [4.69, 9.17) is 5.26 Å². The molecule has 2 heterocycles. The van der Waals surface area contributed by atoms with Gasteiger partial charge in [0.15, 0.2) is 10.7 Å². The number of para-hydroxylation sites is 1. The summed E-state index contributed by atoms with van der Waals surface area (Å²) in [6.45, 7) is 3.48. The van der Waals surface area contributed by atoms with E-state index >= 15 is 0 Å². The van der Waals surface area contributed by atoms with E-state index in [1.165, 1.54) is 28.6 Å². The Morgan fingerprint density at radius 3 is 2.39 bits per heavy atom. The van der Waals surface area contributed by atoms with E-state index in [0.717, 1.165) is 5.56 Å². The van der Waals surface area contributed by atoms with Crippen molar-refractivity contribution in [2.45, 2.75) is 18.5 Å². The van der Waals surface area contributed by atoms with E-state index in [1.807, 2.05) is 17.0 Å². The molecule has 0 aliphatic carbocycles. The van der Waals surface area contributed by atoms with Gasteiger partial charge in [0.05, 0.1) is 23.2 Å². The quantitative estimate of drug-likeness (QED) is 0.396. The summed E-state index contributed by atoms with van der Waals surface area (Å²) in [5, 5.41) is 24.7. The zero-order valence-corrected chi connectivity index (χ0v) is 18.6. The van der Waals surface area contributed by atoms with Crippen molar-refractivity contribution in [2.24, 2.45) is 0 Å². The molecular weight excluding hydrogens is 446 g/mol. The maximum absolute atomic E-state index is 13.0.